The zero-order valence-corrected chi connectivity index (χ0v) is 17.9. The van der Waals surface area contributed by atoms with Crippen LogP contribution in [0, 0.1) is 5.92 Å². The predicted molar refractivity (Wildman–Crippen MR) is 112 cm³/mol. The van der Waals surface area contributed by atoms with E-state index < -0.39 is 11.8 Å². The third-order valence-electron chi connectivity index (χ3n) is 4.28. The lowest BCUT2D eigenvalue weighted by Crippen LogP contribution is -2.41. The van der Waals surface area contributed by atoms with Crippen molar-refractivity contribution in [2.45, 2.75) is 20.3 Å². The Hall–Kier alpha value is -3.42. The van der Waals surface area contributed by atoms with E-state index >= 15 is 0 Å². The summed E-state index contributed by atoms with van der Waals surface area (Å²) < 4.78 is 21.3. The van der Waals surface area contributed by atoms with E-state index in [1.165, 1.54) is 33.5 Å². The van der Waals surface area contributed by atoms with Gasteiger partial charge in [-0.1, -0.05) is 13.8 Å². The summed E-state index contributed by atoms with van der Waals surface area (Å²) in [5.74, 6) is 1.44. The minimum atomic E-state index is -0.513. The number of benzene rings is 2. The fourth-order valence-corrected chi connectivity index (χ4v) is 2.53. The zero-order chi connectivity index (χ0) is 22.1. The quantitative estimate of drug-likeness (QED) is 0.610. The third-order valence-corrected chi connectivity index (χ3v) is 4.28. The fraction of sp³-hybridized carbons (Fsp3) is 0.364. The minimum Gasteiger partial charge on any atom is -0.497 e. The first-order chi connectivity index (χ1) is 14.4. The van der Waals surface area contributed by atoms with Gasteiger partial charge in [-0.05, 0) is 42.7 Å². The minimum absolute atomic E-state index is 0.276. The van der Waals surface area contributed by atoms with Crippen LogP contribution >= 0.6 is 0 Å². The Labute approximate surface area is 176 Å². The molecule has 0 unspecified atom stereocenters. The van der Waals surface area contributed by atoms with Crippen molar-refractivity contribution < 1.29 is 28.5 Å². The molecule has 0 heterocycles. The van der Waals surface area contributed by atoms with E-state index in [1.807, 2.05) is 0 Å². The first kappa shape index (κ1) is 22.9. The second-order valence-corrected chi connectivity index (χ2v) is 6.91. The van der Waals surface area contributed by atoms with Crippen LogP contribution in [0.1, 0.15) is 41.0 Å². The van der Waals surface area contributed by atoms with Gasteiger partial charge in [-0.3, -0.25) is 20.4 Å². The number of methoxy groups -OCH3 is 3. The maximum absolute atomic E-state index is 12.4. The molecule has 8 heteroatoms. The molecule has 0 saturated carbocycles. The monoisotopic (exact) mass is 416 g/mol. The molecule has 2 aromatic carbocycles. The summed E-state index contributed by atoms with van der Waals surface area (Å²) in [5.41, 5.74) is 5.35. The Morgan fingerprint density at radius 2 is 1.40 bits per heavy atom. The smallest absolute Gasteiger partial charge is 0.269 e. The molecule has 2 N–H and O–H groups in total. The number of carbonyl (C=O) groups is 2. The van der Waals surface area contributed by atoms with E-state index in [9.17, 15) is 9.59 Å². The van der Waals surface area contributed by atoms with Gasteiger partial charge in [-0.25, -0.2) is 0 Å². The van der Waals surface area contributed by atoms with E-state index in [-0.39, 0.29) is 5.56 Å². The lowest BCUT2D eigenvalue weighted by molar-refractivity contribution is 0.0846. The van der Waals surface area contributed by atoms with Crippen molar-refractivity contribution in [2.75, 3.05) is 27.9 Å². The molecule has 8 nitrogen and oxygen atoms in total. The van der Waals surface area contributed by atoms with Gasteiger partial charge in [0.15, 0.2) is 11.5 Å². The molecule has 30 heavy (non-hydrogen) atoms. The van der Waals surface area contributed by atoms with Crippen LogP contribution in [0.3, 0.4) is 0 Å². The molecule has 0 radical (unpaired) electrons. The van der Waals surface area contributed by atoms with Gasteiger partial charge < -0.3 is 18.9 Å². The van der Waals surface area contributed by atoms with Crippen LogP contribution in [-0.2, 0) is 0 Å². The number of nitrogens with one attached hydrogen (secondary N) is 2. The first-order valence-electron chi connectivity index (χ1n) is 9.52. The lowest BCUT2D eigenvalue weighted by atomic mass is 10.1. The van der Waals surface area contributed by atoms with Gasteiger partial charge in [0.2, 0.25) is 0 Å². The van der Waals surface area contributed by atoms with E-state index in [0.717, 1.165) is 6.42 Å². The maximum Gasteiger partial charge on any atom is 0.269 e. The number of hydrogen-bond acceptors (Lipinski definition) is 6. The molecular weight excluding hydrogens is 388 g/mol. The Bertz CT molecular complexity index is 860. The van der Waals surface area contributed by atoms with Gasteiger partial charge in [0, 0.05) is 17.2 Å². The Morgan fingerprint density at radius 3 is 1.93 bits per heavy atom. The summed E-state index contributed by atoms with van der Waals surface area (Å²) in [7, 11) is 4.48. The summed E-state index contributed by atoms with van der Waals surface area (Å²) in [6.45, 7) is 4.79. The molecule has 0 saturated heterocycles. The largest absolute Gasteiger partial charge is 0.497 e. The molecule has 0 spiro atoms. The van der Waals surface area contributed by atoms with Crippen molar-refractivity contribution in [2.24, 2.45) is 5.92 Å². The molecule has 0 atom stereocenters. The highest BCUT2D eigenvalue weighted by atomic mass is 16.5. The van der Waals surface area contributed by atoms with E-state index in [0.29, 0.717) is 41.1 Å². The topological polar surface area (TPSA) is 95.1 Å². The highest BCUT2D eigenvalue weighted by Gasteiger charge is 2.14. The molecule has 0 aliphatic rings. The molecule has 0 aromatic heterocycles. The van der Waals surface area contributed by atoms with E-state index in [4.69, 9.17) is 18.9 Å². The fourth-order valence-electron chi connectivity index (χ4n) is 2.53. The summed E-state index contributed by atoms with van der Waals surface area (Å²) >= 11 is 0. The molecule has 0 bridgehead atoms. The summed E-state index contributed by atoms with van der Waals surface area (Å²) in [6, 6.07) is 9.55. The van der Waals surface area contributed by atoms with Crippen molar-refractivity contribution in [3.05, 3.63) is 47.5 Å². The van der Waals surface area contributed by atoms with Crippen molar-refractivity contribution in [3.63, 3.8) is 0 Å². The number of carbonyl (C=O) groups excluding carboxylic acids is 2. The van der Waals surface area contributed by atoms with Gasteiger partial charge in [0.1, 0.15) is 11.5 Å². The van der Waals surface area contributed by atoms with Gasteiger partial charge in [0.25, 0.3) is 11.8 Å². The highest BCUT2D eigenvalue weighted by Crippen LogP contribution is 2.28. The van der Waals surface area contributed by atoms with Crippen molar-refractivity contribution in [1.29, 1.82) is 0 Å². The number of hydrazine groups is 1. The molecule has 0 fully saturated rings. The van der Waals surface area contributed by atoms with Gasteiger partial charge in [-0.15, -0.1) is 0 Å². The summed E-state index contributed by atoms with van der Waals surface area (Å²) in [5, 5.41) is 0. The van der Waals surface area contributed by atoms with E-state index in [1.54, 1.807) is 24.3 Å². The highest BCUT2D eigenvalue weighted by molar-refractivity contribution is 5.99. The van der Waals surface area contributed by atoms with Crippen LogP contribution < -0.4 is 29.8 Å². The second kappa shape index (κ2) is 10.9. The summed E-state index contributed by atoms with van der Waals surface area (Å²) in [4.78, 5) is 24.8. The number of rotatable bonds is 9. The lowest BCUT2D eigenvalue weighted by Gasteiger charge is -2.13. The molecular formula is C22H28N2O6. The molecule has 2 rings (SSSR count). The van der Waals surface area contributed by atoms with Gasteiger partial charge >= 0.3 is 0 Å². The van der Waals surface area contributed by atoms with Crippen LogP contribution in [0.5, 0.6) is 23.0 Å². The van der Waals surface area contributed by atoms with Crippen molar-refractivity contribution >= 4 is 11.8 Å². The van der Waals surface area contributed by atoms with Crippen LogP contribution in [0.25, 0.3) is 0 Å². The molecule has 2 amide bonds. The van der Waals surface area contributed by atoms with Crippen LogP contribution in [-0.4, -0.2) is 39.8 Å². The Kier molecular flexibility index (Phi) is 8.34. The Balaban J connectivity index is 2.03. The number of hydrogen-bond donors (Lipinski definition) is 2. The summed E-state index contributed by atoms with van der Waals surface area (Å²) in [6.07, 6.45) is 0.909. The van der Waals surface area contributed by atoms with Crippen LogP contribution in [0.4, 0.5) is 0 Å². The predicted octanol–water partition coefficient (Wildman–Crippen LogP) is 3.21. The van der Waals surface area contributed by atoms with Crippen molar-refractivity contribution in [1.82, 2.24) is 10.9 Å². The number of ether oxygens (including phenoxy) is 4. The molecule has 0 aliphatic carbocycles. The van der Waals surface area contributed by atoms with Crippen LogP contribution in [0.2, 0.25) is 0 Å². The first-order valence-corrected chi connectivity index (χ1v) is 9.52. The maximum atomic E-state index is 12.4. The standard InChI is InChI=1S/C22H28N2O6/c1-14(2)8-9-30-19-7-6-15(12-20(19)29-5)21(25)23-24-22(26)16-10-17(27-3)13-18(11-16)28-4/h6-7,10-14H,8-9H2,1-5H3,(H,23,25)(H,24,26). The third kappa shape index (κ3) is 6.30. The molecule has 162 valence electrons. The average Bonchev–Trinajstić information content (AvgIpc) is 2.76. The molecule has 2 aromatic rings. The Morgan fingerprint density at radius 1 is 0.800 bits per heavy atom. The second-order valence-electron chi connectivity index (χ2n) is 6.91. The van der Waals surface area contributed by atoms with Crippen LogP contribution in [0.15, 0.2) is 36.4 Å². The van der Waals surface area contributed by atoms with Crippen molar-refractivity contribution in [3.8, 4) is 23.0 Å². The van der Waals surface area contributed by atoms with Gasteiger partial charge in [-0.2, -0.15) is 0 Å². The zero-order valence-electron chi connectivity index (χ0n) is 17.9. The molecule has 0 aliphatic heterocycles. The SMILES string of the molecule is COc1cc(OC)cc(C(=O)NNC(=O)c2ccc(OCCC(C)C)c(OC)c2)c1. The van der Waals surface area contributed by atoms with Gasteiger partial charge in [0.05, 0.1) is 27.9 Å². The van der Waals surface area contributed by atoms with E-state index in [2.05, 4.69) is 24.7 Å². The number of amides is 2. The normalized spacial score (nSPS) is 10.3. The average molecular weight is 416 g/mol.